The molecule has 2 heterocycles. The molecule has 5 aromatic rings. The monoisotopic (exact) mass is 436 g/mol. The first-order chi connectivity index (χ1) is 16.1. The molecule has 0 amide bonds. The Morgan fingerprint density at radius 2 is 1.76 bits per heavy atom. The van der Waals surface area contributed by atoms with E-state index in [9.17, 15) is 10.1 Å². The largest absolute Gasteiger partial charge is 0.348 e. The molecule has 0 aliphatic rings. The number of benzene rings is 3. The van der Waals surface area contributed by atoms with E-state index >= 15 is 0 Å². The Hall–Kier alpha value is -4.59. The van der Waals surface area contributed by atoms with Gasteiger partial charge in [0.05, 0.1) is 22.0 Å². The molecule has 1 N–H and O–H groups in total. The van der Waals surface area contributed by atoms with Crippen molar-refractivity contribution in [3.63, 3.8) is 0 Å². The van der Waals surface area contributed by atoms with Gasteiger partial charge < -0.3 is 5.32 Å². The Balaban J connectivity index is 1.44. The van der Waals surface area contributed by atoms with Crippen LogP contribution >= 0.6 is 0 Å². The van der Waals surface area contributed by atoms with Gasteiger partial charge in [0.2, 0.25) is 5.95 Å². The topological polar surface area (TPSA) is 98.8 Å². The molecule has 33 heavy (non-hydrogen) atoms. The summed E-state index contributed by atoms with van der Waals surface area (Å²) in [6.07, 6.45) is 3.43. The van der Waals surface area contributed by atoms with E-state index in [1.54, 1.807) is 24.7 Å². The normalized spacial score (nSPS) is 11.9. The summed E-state index contributed by atoms with van der Waals surface area (Å²) < 4.78 is 1.90. The zero-order valence-corrected chi connectivity index (χ0v) is 17.8. The number of imidazole rings is 1. The standard InChI is InChI=1S/C25H20N6O2/c1-17(18-6-3-2-4-7-18)28-25-26-13-12-24(29-25)30-16-27-22-15-20(10-11-23(22)30)19-8-5-9-21(14-19)31(32)33/h2-17H,1H3,(H,26,28,29)/t17-/m0/s1. The van der Waals surface area contributed by atoms with Gasteiger partial charge in [-0.15, -0.1) is 0 Å². The first-order valence-electron chi connectivity index (χ1n) is 10.5. The molecule has 0 fully saturated rings. The lowest BCUT2D eigenvalue weighted by molar-refractivity contribution is -0.384. The first-order valence-corrected chi connectivity index (χ1v) is 10.5. The van der Waals surface area contributed by atoms with Gasteiger partial charge in [-0.3, -0.25) is 14.7 Å². The summed E-state index contributed by atoms with van der Waals surface area (Å²) in [5, 5.41) is 14.4. The Morgan fingerprint density at radius 3 is 2.58 bits per heavy atom. The number of hydrogen-bond donors (Lipinski definition) is 1. The summed E-state index contributed by atoms with van der Waals surface area (Å²) in [7, 11) is 0. The fraction of sp³-hybridized carbons (Fsp3) is 0.0800. The minimum absolute atomic E-state index is 0.0541. The van der Waals surface area contributed by atoms with Gasteiger partial charge in [0.25, 0.3) is 5.69 Å². The molecular formula is C25H20N6O2. The fourth-order valence-electron chi connectivity index (χ4n) is 3.75. The summed E-state index contributed by atoms with van der Waals surface area (Å²) in [4.78, 5) is 24.3. The average Bonchev–Trinajstić information content (AvgIpc) is 3.28. The van der Waals surface area contributed by atoms with Gasteiger partial charge in [0, 0.05) is 18.3 Å². The number of nitro groups is 1. The Bertz CT molecular complexity index is 1450. The zero-order valence-electron chi connectivity index (χ0n) is 17.8. The smallest absolute Gasteiger partial charge is 0.270 e. The summed E-state index contributed by atoms with van der Waals surface area (Å²) >= 11 is 0. The summed E-state index contributed by atoms with van der Waals surface area (Å²) in [6, 6.07) is 24.4. The fourth-order valence-corrected chi connectivity index (χ4v) is 3.75. The molecule has 0 saturated carbocycles. The van der Waals surface area contributed by atoms with Crippen LogP contribution in [0, 0.1) is 10.1 Å². The highest BCUT2D eigenvalue weighted by Gasteiger charge is 2.12. The molecular weight excluding hydrogens is 416 g/mol. The second-order valence-corrected chi connectivity index (χ2v) is 7.64. The molecule has 0 unspecified atom stereocenters. The molecule has 8 nitrogen and oxygen atoms in total. The van der Waals surface area contributed by atoms with Crippen molar-refractivity contribution in [2.24, 2.45) is 0 Å². The number of aromatic nitrogens is 4. The van der Waals surface area contributed by atoms with Gasteiger partial charge in [-0.2, -0.15) is 4.98 Å². The highest BCUT2D eigenvalue weighted by Crippen LogP contribution is 2.28. The highest BCUT2D eigenvalue weighted by atomic mass is 16.6. The number of nitrogens with zero attached hydrogens (tertiary/aromatic N) is 5. The van der Waals surface area contributed by atoms with Crippen LogP contribution in [-0.2, 0) is 0 Å². The Labute approximate surface area is 189 Å². The minimum Gasteiger partial charge on any atom is -0.348 e. The third-order valence-corrected chi connectivity index (χ3v) is 5.47. The number of hydrogen-bond acceptors (Lipinski definition) is 6. The number of nitro benzene ring substituents is 1. The maximum atomic E-state index is 11.1. The van der Waals surface area contributed by atoms with Crippen LogP contribution in [0.1, 0.15) is 18.5 Å². The quantitative estimate of drug-likeness (QED) is 0.276. The molecule has 0 saturated heterocycles. The van der Waals surface area contributed by atoms with Crippen LogP contribution in [0.25, 0.3) is 28.0 Å². The van der Waals surface area contributed by atoms with Gasteiger partial charge >= 0.3 is 0 Å². The molecule has 0 aliphatic heterocycles. The number of nitrogens with one attached hydrogen (secondary N) is 1. The van der Waals surface area contributed by atoms with Crippen molar-refractivity contribution >= 4 is 22.7 Å². The molecule has 3 aromatic carbocycles. The molecule has 0 spiro atoms. The third kappa shape index (κ3) is 4.14. The van der Waals surface area contributed by atoms with Crippen molar-refractivity contribution in [1.82, 2.24) is 19.5 Å². The van der Waals surface area contributed by atoms with Crippen LogP contribution in [0.3, 0.4) is 0 Å². The maximum Gasteiger partial charge on any atom is 0.270 e. The molecule has 0 radical (unpaired) electrons. The lowest BCUT2D eigenvalue weighted by atomic mass is 10.0. The van der Waals surface area contributed by atoms with Gasteiger partial charge in [0.15, 0.2) is 0 Å². The average molecular weight is 436 g/mol. The zero-order chi connectivity index (χ0) is 22.8. The van der Waals surface area contributed by atoms with Crippen LogP contribution in [0.4, 0.5) is 11.6 Å². The predicted molar refractivity (Wildman–Crippen MR) is 127 cm³/mol. The van der Waals surface area contributed by atoms with Crippen LogP contribution in [-0.4, -0.2) is 24.4 Å². The second kappa shape index (κ2) is 8.51. The van der Waals surface area contributed by atoms with E-state index in [1.165, 1.54) is 6.07 Å². The van der Waals surface area contributed by atoms with Gasteiger partial charge in [-0.25, -0.2) is 9.97 Å². The lowest BCUT2D eigenvalue weighted by Gasteiger charge is -2.14. The number of non-ortho nitro benzene ring substituents is 1. The van der Waals surface area contributed by atoms with Crippen LogP contribution < -0.4 is 5.32 Å². The van der Waals surface area contributed by atoms with E-state index in [4.69, 9.17) is 0 Å². The molecule has 162 valence electrons. The molecule has 1 atom stereocenters. The lowest BCUT2D eigenvalue weighted by Crippen LogP contribution is -2.10. The Morgan fingerprint density at radius 1 is 0.939 bits per heavy atom. The van der Waals surface area contributed by atoms with E-state index in [2.05, 4.69) is 39.3 Å². The Kier molecular flexibility index (Phi) is 5.24. The minimum atomic E-state index is -0.393. The maximum absolute atomic E-state index is 11.1. The van der Waals surface area contributed by atoms with Crippen LogP contribution in [0.2, 0.25) is 0 Å². The first kappa shape index (κ1) is 20.3. The molecule has 8 heteroatoms. The van der Waals surface area contributed by atoms with Crippen molar-refractivity contribution in [2.45, 2.75) is 13.0 Å². The number of anilines is 1. The summed E-state index contributed by atoms with van der Waals surface area (Å²) in [5.74, 6) is 1.22. The van der Waals surface area contributed by atoms with Crippen molar-refractivity contribution in [3.05, 3.63) is 107 Å². The van der Waals surface area contributed by atoms with E-state index in [-0.39, 0.29) is 11.7 Å². The molecule has 0 aliphatic carbocycles. The van der Waals surface area contributed by atoms with Crippen molar-refractivity contribution in [1.29, 1.82) is 0 Å². The van der Waals surface area contributed by atoms with Crippen molar-refractivity contribution in [2.75, 3.05) is 5.32 Å². The predicted octanol–water partition coefficient (Wildman–Crippen LogP) is 5.56. The highest BCUT2D eigenvalue weighted by molar-refractivity contribution is 5.83. The number of fused-ring (bicyclic) bond motifs is 1. The van der Waals surface area contributed by atoms with Crippen LogP contribution in [0.5, 0.6) is 0 Å². The second-order valence-electron chi connectivity index (χ2n) is 7.64. The molecule has 0 bridgehead atoms. The van der Waals surface area contributed by atoms with Crippen molar-refractivity contribution in [3.8, 4) is 16.9 Å². The summed E-state index contributed by atoms with van der Waals surface area (Å²) in [6.45, 7) is 2.06. The summed E-state index contributed by atoms with van der Waals surface area (Å²) in [5.41, 5.74) is 4.48. The van der Waals surface area contributed by atoms with E-state index in [0.29, 0.717) is 11.8 Å². The van der Waals surface area contributed by atoms with Gasteiger partial charge in [-0.1, -0.05) is 48.5 Å². The van der Waals surface area contributed by atoms with Crippen LogP contribution in [0.15, 0.2) is 91.4 Å². The van der Waals surface area contributed by atoms with E-state index in [0.717, 1.165) is 27.7 Å². The molecule has 2 aromatic heterocycles. The number of rotatable bonds is 6. The third-order valence-electron chi connectivity index (χ3n) is 5.47. The SMILES string of the molecule is C[C@H](Nc1nccc(-n2cnc3cc(-c4cccc([N+](=O)[O-])c4)ccc32)n1)c1ccccc1. The van der Waals surface area contributed by atoms with Gasteiger partial charge in [-0.05, 0) is 41.8 Å². The van der Waals surface area contributed by atoms with Gasteiger partial charge in [0.1, 0.15) is 12.1 Å². The van der Waals surface area contributed by atoms with E-state index in [1.807, 2.05) is 53.1 Å². The molecule has 5 rings (SSSR count). The van der Waals surface area contributed by atoms with E-state index < -0.39 is 4.92 Å². The van der Waals surface area contributed by atoms with Crippen molar-refractivity contribution < 1.29 is 4.92 Å².